The largest absolute Gasteiger partial charge is 0.480 e. The third-order valence-corrected chi connectivity index (χ3v) is 3.31. The molecule has 0 bridgehead atoms. The summed E-state index contributed by atoms with van der Waals surface area (Å²) in [4.78, 5) is 21.2. The fraction of sp³-hybridized carbons (Fsp3) is 0.273. The van der Waals surface area contributed by atoms with Crippen molar-refractivity contribution in [1.29, 1.82) is 0 Å². The molecular formula is C11H11ClN2O3. The third kappa shape index (κ3) is 1.87. The van der Waals surface area contributed by atoms with Gasteiger partial charge in [-0.2, -0.15) is 0 Å². The summed E-state index contributed by atoms with van der Waals surface area (Å²) in [5.41, 5.74) is 6.61. The number of carbonyl (C=O) groups excluding carboxylic acids is 1. The highest BCUT2D eigenvalue weighted by Gasteiger charge is 2.47. The number of benzene rings is 1. The third-order valence-electron chi connectivity index (χ3n) is 2.78. The second-order valence-electron chi connectivity index (χ2n) is 3.95. The number of halogens is 1. The number of para-hydroxylation sites is 1. The molecular weight excluding hydrogens is 244 g/mol. The first kappa shape index (κ1) is 11.9. The highest BCUT2D eigenvalue weighted by atomic mass is 35.5. The Labute approximate surface area is 103 Å². The highest BCUT2D eigenvalue weighted by molar-refractivity contribution is 6.39. The van der Waals surface area contributed by atoms with Crippen LogP contribution in [0.25, 0.3) is 0 Å². The summed E-state index contributed by atoms with van der Waals surface area (Å²) in [6, 6.07) is 5.73. The van der Waals surface area contributed by atoms with Crippen LogP contribution in [0.15, 0.2) is 24.3 Å². The van der Waals surface area contributed by atoms with Crippen molar-refractivity contribution in [2.45, 2.75) is 17.3 Å². The molecule has 6 heteroatoms. The van der Waals surface area contributed by atoms with Gasteiger partial charge in [-0.1, -0.05) is 18.2 Å². The predicted octanol–water partition coefficient (Wildman–Crippen LogP) is 0.875. The highest BCUT2D eigenvalue weighted by Crippen LogP contribution is 2.43. The van der Waals surface area contributed by atoms with Crippen molar-refractivity contribution in [1.82, 2.24) is 0 Å². The number of nitrogens with one attached hydrogen (secondary N) is 1. The number of hydrogen-bond donors (Lipinski definition) is 3. The van der Waals surface area contributed by atoms with Crippen LogP contribution in [-0.2, 0) is 14.5 Å². The van der Waals surface area contributed by atoms with Gasteiger partial charge in [0.1, 0.15) is 6.04 Å². The molecule has 1 aliphatic heterocycles. The Morgan fingerprint density at radius 2 is 2.18 bits per heavy atom. The Hall–Kier alpha value is -1.59. The first-order valence-corrected chi connectivity index (χ1v) is 5.41. The molecule has 17 heavy (non-hydrogen) atoms. The Kier molecular flexibility index (Phi) is 2.81. The SMILES string of the molecule is N[C@@H](C[C@@]1(Cl)C(=O)Nc2ccccc21)C(=O)O. The molecule has 0 radical (unpaired) electrons. The maximum atomic E-state index is 11.8. The lowest BCUT2D eigenvalue weighted by atomic mass is 9.92. The molecule has 90 valence electrons. The van der Waals surface area contributed by atoms with E-state index in [-0.39, 0.29) is 6.42 Å². The lowest BCUT2D eigenvalue weighted by molar-refractivity contribution is -0.139. The molecule has 0 saturated heterocycles. The van der Waals surface area contributed by atoms with Crippen molar-refractivity contribution in [3.8, 4) is 0 Å². The average molecular weight is 255 g/mol. The Morgan fingerprint density at radius 1 is 1.53 bits per heavy atom. The molecule has 1 aromatic carbocycles. The van der Waals surface area contributed by atoms with Crippen molar-refractivity contribution in [3.05, 3.63) is 29.8 Å². The molecule has 1 heterocycles. The van der Waals surface area contributed by atoms with Gasteiger partial charge in [0.25, 0.3) is 0 Å². The van der Waals surface area contributed by atoms with Crippen molar-refractivity contribution in [2.24, 2.45) is 5.73 Å². The van der Waals surface area contributed by atoms with E-state index in [1.807, 2.05) is 0 Å². The smallest absolute Gasteiger partial charge is 0.320 e. The zero-order valence-electron chi connectivity index (χ0n) is 8.81. The lowest BCUT2D eigenvalue weighted by Crippen LogP contribution is -2.40. The van der Waals surface area contributed by atoms with Crippen LogP contribution in [0.4, 0.5) is 5.69 Å². The maximum absolute atomic E-state index is 11.8. The number of hydrogen-bond acceptors (Lipinski definition) is 3. The molecule has 0 saturated carbocycles. The normalized spacial score (nSPS) is 24.0. The molecule has 1 aliphatic rings. The van der Waals surface area contributed by atoms with Crippen LogP contribution in [0.5, 0.6) is 0 Å². The summed E-state index contributed by atoms with van der Waals surface area (Å²) in [7, 11) is 0. The van der Waals surface area contributed by atoms with Crippen molar-refractivity contribution in [3.63, 3.8) is 0 Å². The molecule has 1 amide bonds. The van der Waals surface area contributed by atoms with E-state index in [1.54, 1.807) is 24.3 Å². The monoisotopic (exact) mass is 254 g/mol. The maximum Gasteiger partial charge on any atom is 0.320 e. The average Bonchev–Trinajstić information content (AvgIpc) is 2.52. The number of rotatable bonds is 3. The van der Waals surface area contributed by atoms with Gasteiger partial charge >= 0.3 is 5.97 Å². The zero-order chi connectivity index (χ0) is 12.6. The van der Waals surface area contributed by atoms with Gasteiger partial charge in [-0.25, -0.2) is 0 Å². The molecule has 0 unspecified atom stereocenters. The fourth-order valence-corrected chi connectivity index (χ4v) is 2.25. The van der Waals surface area contributed by atoms with Gasteiger partial charge < -0.3 is 16.2 Å². The lowest BCUT2D eigenvalue weighted by Gasteiger charge is -2.21. The quantitative estimate of drug-likeness (QED) is 0.698. The number of alkyl halides is 1. The minimum atomic E-state index is -1.39. The van der Waals surface area contributed by atoms with Crippen LogP contribution in [-0.4, -0.2) is 23.0 Å². The molecule has 0 fully saturated rings. The second-order valence-corrected chi connectivity index (χ2v) is 4.59. The summed E-state index contributed by atoms with van der Waals surface area (Å²) in [6.45, 7) is 0. The number of anilines is 1. The van der Waals surface area contributed by atoms with Crippen LogP contribution < -0.4 is 11.1 Å². The van der Waals surface area contributed by atoms with Crippen molar-refractivity contribution in [2.75, 3.05) is 5.32 Å². The van der Waals surface area contributed by atoms with Gasteiger partial charge in [0, 0.05) is 17.7 Å². The summed E-state index contributed by atoms with van der Waals surface area (Å²) in [5.74, 6) is -1.61. The number of fused-ring (bicyclic) bond motifs is 1. The number of amides is 1. The Balaban J connectivity index is 2.37. The molecule has 0 aromatic heterocycles. The van der Waals surface area contributed by atoms with Gasteiger partial charge in [0.05, 0.1) is 0 Å². The van der Waals surface area contributed by atoms with Crippen LogP contribution in [0.1, 0.15) is 12.0 Å². The minimum Gasteiger partial charge on any atom is -0.480 e. The molecule has 2 rings (SSSR count). The molecule has 4 N–H and O–H groups in total. The molecule has 0 aliphatic carbocycles. The summed E-state index contributed by atoms with van der Waals surface area (Å²) < 4.78 is 0. The summed E-state index contributed by atoms with van der Waals surface area (Å²) in [6.07, 6.45) is -0.146. The van der Waals surface area contributed by atoms with Gasteiger partial charge in [0.2, 0.25) is 5.91 Å². The first-order chi connectivity index (χ1) is 7.95. The summed E-state index contributed by atoms with van der Waals surface area (Å²) in [5, 5.41) is 11.4. The Morgan fingerprint density at radius 3 is 2.82 bits per heavy atom. The fourth-order valence-electron chi connectivity index (χ4n) is 1.87. The Bertz CT molecular complexity index is 491. The topological polar surface area (TPSA) is 92.4 Å². The number of nitrogens with two attached hydrogens (primary N) is 1. The van der Waals surface area contributed by atoms with E-state index in [9.17, 15) is 9.59 Å². The van der Waals surface area contributed by atoms with Crippen LogP contribution in [0.2, 0.25) is 0 Å². The summed E-state index contributed by atoms with van der Waals surface area (Å²) >= 11 is 6.24. The first-order valence-electron chi connectivity index (χ1n) is 5.03. The van der Waals surface area contributed by atoms with E-state index in [4.69, 9.17) is 22.4 Å². The van der Waals surface area contributed by atoms with Gasteiger partial charge in [0.15, 0.2) is 4.87 Å². The van der Waals surface area contributed by atoms with E-state index in [0.717, 1.165) is 0 Å². The number of carbonyl (C=O) groups is 2. The molecule has 0 spiro atoms. The number of carboxylic acids is 1. The molecule has 5 nitrogen and oxygen atoms in total. The van der Waals surface area contributed by atoms with E-state index >= 15 is 0 Å². The standard InChI is InChI=1S/C11H11ClN2O3/c12-11(5-7(13)9(15)16)6-3-1-2-4-8(6)14-10(11)17/h1-4,7H,5,13H2,(H,14,17)(H,15,16)/t7-,11-/m0/s1. The van der Waals surface area contributed by atoms with Gasteiger partial charge in [-0.3, -0.25) is 9.59 Å². The van der Waals surface area contributed by atoms with E-state index in [2.05, 4.69) is 5.32 Å². The molecule has 1 aromatic rings. The van der Waals surface area contributed by atoms with Crippen molar-refractivity contribution >= 4 is 29.2 Å². The number of carboxylic acid groups (broad SMARTS) is 1. The minimum absolute atomic E-state index is 0.146. The van der Waals surface area contributed by atoms with Crippen molar-refractivity contribution < 1.29 is 14.7 Å². The van der Waals surface area contributed by atoms with E-state index in [0.29, 0.717) is 11.3 Å². The van der Waals surface area contributed by atoms with Gasteiger partial charge in [-0.05, 0) is 6.07 Å². The van der Waals surface area contributed by atoms with E-state index in [1.165, 1.54) is 0 Å². The predicted molar refractivity (Wildman–Crippen MR) is 62.8 cm³/mol. The second kappa shape index (κ2) is 4.01. The van der Waals surface area contributed by atoms with Crippen LogP contribution in [0.3, 0.4) is 0 Å². The van der Waals surface area contributed by atoms with E-state index < -0.39 is 22.8 Å². The van der Waals surface area contributed by atoms with Crippen LogP contribution >= 0.6 is 11.6 Å². The van der Waals surface area contributed by atoms with Gasteiger partial charge in [-0.15, -0.1) is 11.6 Å². The van der Waals surface area contributed by atoms with Crippen LogP contribution in [0, 0.1) is 0 Å². The zero-order valence-corrected chi connectivity index (χ0v) is 9.57. The number of aliphatic carboxylic acids is 1. The molecule has 2 atom stereocenters.